The number of nitrogens with zero attached hydrogens (tertiary/aromatic N) is 1. The Morgan fingerprint density at radius 1 is 1.16 bits per heavy atom. The number of carbonyl (C=O) groups excluding carboxylic acids is 1. The van der Waals surface area contributed by atoms with E-state index in [0.717, 1.165) is 11.3 Å². The molecule has 3 rings (SSSR count). The SMILES string of the molecule is COCCNS(=O)(=O)c1ccc(C(=O)Nc2nc(-c3ccccc3OC(F)F)cs2)cc1. The van der Waals surface area contributed by atoms with Crippen LogP contribution in [0.4, 0.5) is 13.9 Å². The second-order valence-corrected chi connectivity index (χ2v) is 8.91. The number of halogens is 2. The van der Waals surface area contributed by atoms with Crippen molar-refractivity contribution in [2.75, 3.05) is 25.6 Å². The van der Waals surface area contributed by atoms with Crippen LogP contribution in [0, 0.1) is 0 Å². The lowest BCUT2D eigenvalue weighted by molar-refractivity contribution is -0.0494. The number of carbonyl (C=O) groups is 1. The van der Waals surface area contributed by atoms with E-state index < -0.39 is 22.5 Å². The van der Waals surface area contributed by atoms with Crippen molar-refractivity contribution in [2.45, 2.75) is 11.5 Å². The van der Waals surface area contributed by atoms with Crippen molar-refractivity contribution < 1.29 is 31.5 Å². The van der Waals surface area contributed by atoms with Gasteiger partial charge in [0.2, 0.25) is 10.0 Å². The molecule has 0 unspecified atom stereocenters. The minimum Gasteiger partial charge on any atom is -0.434 e. The lowest BCUT2D eigenvalue weighted by Crippen LogP contribution is -2.27. The van der Waals surface area contributed by atoms with E-state index in [2.05, 4.69) is 19.8 Å². The number of aromatic nitrogens is 1. The first-order chi connectivity index (χ1) is 15.3. The summed E-state index contributed by atoms with van der Waals surface area (Å²) >= 11 is 1.11. The van der Waals surface area contributed by atoms with Gasteiger partial charge in [0.25, 0.3) is 5.91 Å². The van der Waals surface area contributed by atoms with Crippen LogP contribution in [0.5, 0.6) is 5.75 Å². The zero-order valence-corrected chi connectivity index (χ0v) is 18.4. The average Bonchev–Trinajstić information content (AvgIpc) is 3.22. The highest BCUT2D eigenvalue weighted by Crippen LogP contribution is 2.33. The third-order valence-corrected chi connectivity index (χ3v) is 6.36. The lowest BCUT2D eigenvalue weighted by atomic mass is 10.1. The van der Waals surface area contributed by atoms with Crippen molar-refractivity contribution in [1.29, 1.82) is 0 Å². The molecule has 0 fully saturated rings. The van der Waals surface area contributed by atoms with Crippen LogP contribution in [0.25, 0.3) is 11.3 Å². The van der Waals surface area contributed by atoms with Crippen LogP contribution < -0.4 is 14.8 Å². The smallest absolute Gasteiger partial charge is 0.387 e. The predicted octanol–water partition coefficient (Wildman–Crippen LogP) is 3.59. The molecule has 1 amide bonds. The minimum atomic E-state index is -3.71. The van der Waals surface area contributed by atoms with E-state index in [0.29, 0.717) is 11.3 Å². The van der Waals surface area contributed by atoms with Gasteiger partial charge in [-0.05, 0) is 36.4 Å². The number of nitrogens with one attached hydrogen (secondary N) is 2. The maximum atomic E-state index is 12.6. The molecular formula is C20H19F2N3O5S2. The fourth-order valence-electron chi connectivity index (χ4n) is 2.65. The third kappa shape index (κ3) is 6.07. The number of anilines is 1. The molecule has 0 saturated heterocycles. The molecule has 1 heterocycles. The Kier molecular flexibility index (Phi) is 7.85. The number of hydrogen-bond acceptors (Lipinski definition) is 7. The molecular weight excluding hydrogens is 464 g/mol. The molecule has 1 aromatic heterocycles. The van der Waals surface area contributed by atoms with Crippen molar-refractivity contribution in [3.8, 4) is 17.0 Å². The summed E-state index contributed by atoms with van der Waals surface area (Å²) in [6.07, 6.45) is 0. The van der Waals surface area contributed by atoms with Gasteiger partial charge in [-0.15, -0.1) is 11.3 Å². The second-order valence-electron chi connectivity index (χ2n) is 6.28. The number of para-hydroxylation sites is 1. The number of ether oxygens (including phenoxy) is 2. The van der Waals surface area contributed by atoms with Gasteiger partial charge in [-0.2, -0.15) is 8.78 Å². The molecule has 2 N–H and O–H groups in total. The number of rotatable bonds is 10. The Labute approximate surface area is 187 Å². The van der Waals surface area contributed by atoms with Crippen LogP contribution in [0.3, 0.4) is 0 Å². The number of alkyl halides is 2. The van der Waals surface area contributed by atoms with Crippen LogP contribution in [0.2, 0.25) is 0 Å². The molecule has 0 bridgehead atoms. The summed E-state index contributed by atoms with van der Waals surface area (Å²) in [4.78, 5) is 16.8. The Hall–Kier alpha value is -2.93. The summed E-state index contributed by atoms with van der Waals surface area (Å²) in [7, 11) is -2.25. The molecule has 2 aromatic carbocycles. The van der Waals surface area contributed by atoms with Gasteiger partial charge >= 0.3 is 6.61 Å². The molecule has 8 nitrogen and oxygen atoms in total. The Bertz CT molecular complexity index is 1170. The lowest BCUT2D eigenvalue weighted by Gasteiger charge is -2.08. The van der Waals surface area contributed by atoms with E-state index in [9.17, 15) is 22.0 Å². The average molecular weight is 484 g/mol. The summed E-state index contributed by atoms with van der Waals surface area (Å²) in [5, 5.41) is 4.45. The van der Waals surface area contributed by atoms with Gasteiger partial charge in [0, 0.05) is 30.2 Å². The molecule has 170 valence electrons. The number of thiazole rings is 1. The highest BCUT2D eigenvalue weighted by Gasteiger charge is 2.17. The summed E-state index contributed by atoms with van der Waals surface area (Å²) in [6.45, 7) is -2.62. The molecule has 0 aliphatic heterocycles. The molecule has 0 atom stereocenters. The van der Waals surface area contributed by atoms with E-state index in [-0.39, 0.29) is 34.5 Å². The monoisotopic (exact) mass is 483 g/mol. The fraction of sp³-hybridized carbons (Fsp3) is 0.200. The Morgan fingerprint density at radius 2 is 1.88 bits per heavy atom. The number of amides is 1. The quantitative estimate of drug-likeness (QED) is 0.427. The molecule has 0 aliphatic carbocycles. The van der Waals surface area contributed by atoms with Crippen LogP contribution in [0.15, 0.2) is 58.8 Å². The second kappa shape index (κ2) is 10.6. The number of hydrogen-bond donors (Lipinski definition) is 2. The summed E-state index contributed by atoms with van der Waals surface area (Å²) in [6, 6.07) is 11.6. The molecule has 0 spiro atoms. The fourth-order valence-corrected chi connectivity index (χ4v) is 4.37. The van der Waals surface area contributed by atoms with Crippen molar-refractivity contribution in [3.63, 3.8) is 0 Å². The molecule has 0 aliphatic rings. The molecule has 3 aromatic rings. The van der Waals surface area contributed by atoms with Gasteiger partial charge in [0.15, 0.2) is 5.13 Å². The zero-order valence-electron chi connectivity index (χ0n) is 16.7. The van der Waals surface area contributed by atoms with E-state index in [1.807, 2.05) is 0 Å². The number of sulfonamides is 1. The highest BCUT2D eigenvalue weighted by molar-refractivity contribution is 7.89. The maximum absolute atomic E-state index is 12.6. The van der Waals surface area contributed by atoms with Crippen molar-refractivity contribution in [1.82, 2.24) is 9.71 Å². The van der Waals surface area contributed by atoms with E-state index in [4.69, 9.17) is 4.74 Å². The van der Waals surface area contributed by atoms with Crippen LogP contribution in [0.1, 0.15) is 10.4 Å². The largest absolute Gasteiger partial charge is 0.434 e. The van der Waals surface area contributed by atoms with Crippen LogP contribution in [-0.2, 0) is 14.8 Å². The van der Waals surface area contributed by atoms with Gasteiger partial charge in [-0.1, -0.05) is 12.1 Å². The Balaban J connectivity index is 1.69. The predicted molar refractivity (Wildman–Crippen MR) is 116 cm³/mol. The third-order valence-electron chi connectivity index (χ3n) is 4.13. The zero-order chi connectivity index (χ0) is 23.1. The molecule has 12 heteroatoms. The Morgan fingerprint density at radius 3 is 2.56 bits per heavy atom. The van der Waals surface area contributed by atoms with Gasteiger partial charge in [-0.3, -0.25) is 10.1 Å². The van der Waals surface area contributed by atoms with Crippen molar-refractivity contribution >= 4 is 32.4 Å². The molecule has 0 radical (unpaired) electrons. The number of methoxy groups -OCH3 is 1. The van der Waals surface area contributed by atoms with E-state index >= 15 is 0 Å². The van der Waals surface area contributed by atoms with Gasteiger partial charge in [0.1, 0.15) is 5.75 Å². The minimum absolute atomic E-state index is 0.0114. The van der Waals surface area contributed by atoms with Gasteiger partial charge < -0.3 is 9.47 Å². The first-order valence-electron chi connectivity index (χ1n) is 9.20. The van der Waals surface area contributed by atoms with Crippen LogP contribution >= 0.6 is 11.3 Å². The first-order valence-corrected chi connectivity index (χ1v) is 11.6. The summed E-state index contributed by atoms with van der Waals surface area (Å²) in [5.74, 6) is -0.527. The highest BCUT2D eigenvalue weighted by atomic mass is 32.2. The number of benzene rings is 2. The normalized spacial score (nSPS) is 11.5. The van der Waals surface area contributed by atoms with Crippen molar-refractivity contribution in [3.05, 3.63) is 59.5 Å². The van der Waals surface area contributed by atoms with Gasteiger partial charge in [0.05, 0.1) is 17.2 Å². The molecule has 32 heavy (non-hydrogen) atoms. The van der Waals surface area contributed by atoms with Crippen molar-refractivity contribution in [2.24, 2.45) is 0 Å². The summed E-state index contributed by atoms with van der Waals surface area (Å²) < 4.78 is 61.3. The summed E-state index contributed by atoms with van der Waals surface area (Å²) in [5.41, 5.74) is 0.948. The topological polar surface area (TPSA) is 107 Å². The maximum Gasteiger partial charge on any atom is 0.387 e. The van der Waals surface area contributed by atoms with E-state index in [1.54, 1.807) is 23.6 Å². The molecule has 0 saturated carbocycles. The van der Waals surface area contributed by atoms with Crippen LogP contribution in [-0.4, -0.2) is 46.2 Å². The first kappa shape index (κ1) is 23.7. The van der Waals surface area contributed by atoms with Gasteiger partial charge in [-0.25, -0.2) is 18.1 Å². The van der Waals surface area contributed by atoms with E-state index in [1.165, 1.54) is 37.4 Å². The standard InChI is InChI=1S/C20H19F2N3O5S2/c1-29-11-10-23-32(27,28)14-8-6-13(7-9-14)18(26)25-20-24-16(12-31-20)15-4-2-3-5-17(15)30-19(21)22/h2-9,12,19,23H,10-11H2,1H3,(H,24,25,26).